The summed E-state index contributed by atoms with van der Waals surface area (Å²) < 4.78 is 7.17. The van der Waals surface area contributed by atoms with E-state index < -0.39 is 5.60 Å². The molecule has 3 heterocycles. The molecule has 3 aromatic carbocycles. The van der Waals surface area contributed by atoms with Crippen LogP contribution in [-0.4, -0.2) is 42.4 Å². The number of hydrogen-bond acceptors (Lipinski definition) is 2. The average molecular weight is 509 g/mol. The van der Waals surface area contributed by atoms with Crippen molar-refractivity contribution in [2.45, 2.75) is 31.5 Å². The van der Waals surface area contributed by atoms with Crippen LogP contribution in [0.5, 0.6) is 0 Å². The van der Waals surface area contributed by atoms with Gasteiger partial charge in [0.15, 0.2) is 0 Å². The second-order valence-electron chi connectivity index (χ2n) is 9.75. The summed E-state index contributed by atoms with van der Waals surface area (Å²) in [7, 11) is 0. The van der Waals surface area contributed by atoms with Gasteiger partial charge in [-0.25, -0.2) is 0 Å². The highest BCUT2D eigenvalue weighted by molar-refractivity contribution is 5.39. The van der Waals surface area contributed by atoms with Crippen molar-refractivity contribution in [3.63, 3.8) is 0 Å². The molecule has 1 N–H and O–H groups in total. The van der Waals surface area contributed by atoms with Crippen molar-refractivity contribution in [1.82, 2.24) is 0 Å². The molecule has 0 radical (unpaired) electrons. The molecule has 3 aliphatic rings. The Hall–Kier alpha value is -1.98. The Labute approximate surface area is 208 Å². The fraction of sp³-hybridized carbons (Fsp3) is 0.379. The SMILES string of the molecule is OC(c1ccccc1)(c1ccccc1)C12CC[N+](CCOCc3ccccc3)(CC1)CC2.[Br-]. The number of quaternary nitrogens is 1. The second kappa shape index (κ2) is 10.1. The highest BCUT2D eigenvalue weighted by Gasteiger charge is 2.60. The molecule has 2 bridgehead atoms. The van der Waals surface area contributed by atoms with Crippen molar-refractivity contribution in [1.29, 1.82) is 0 Å². The molecule has 0 amide bonds. The minimum absolute atomic E-state index is 0. The number of rotatable bonds is 8. The van der Waals surface area contributed by atoms with Gasteiger partial charge in [-0.2, -0.15) is 0 Å². The Bertz CT molecular complexity index is 946. The van der Waals surface area contributed by atoms with E-state index in [1.165, 1.54) is 5.56 Å². The van der Waals surface area contributed by atoms with Gasteiger partial charge < -0.3 is 31.3 Å². The molecule has 174 valence electrons. The minimum Gasteiger partial charge on any atom is -1.00 e. The molecule has 0 saturated carbocycles. The molecule has 0 aliphatic carbocycles. The predicted molar refractivity (Wildman–Crippen MR) is 128 cm³/mol. The molecule has 4 heteroatoms. The van der Waals surface area contributed by atoms with Gasteiger partial charge in [-0.05, 0) is 16.7 Å². The van der Waals surface area contributed by atoms with Crippen molar-refractivity contribution in [3.05, 3.63) is 108 Å². The number of benzene rings is 3. The molecular formula is C29H34BrNO2. The van der Waals surface area contributed by atoms with Gasteiger partial charge in [0.05, 0.1) is 32.8 Å². The summed E-state index contributed by atoms with van der Waals surface area (Å²) in [6.45, 7) is 5.91. The van der Waals surface area contributed by atoms with Gasteiger partial charge in [-0.1, -0.05) is 91.0 Å². The van der Waals surface area contributed by atoms with Crippen LogP contribution in [0.4, 0.5) is 0 Å². The zero-order chi connectivity index (χ0) is 21.9. The van der Waals surface area contributed by atoms with Gasteiger partial charge in [0, 0.05) is 24.7 Å². The summed E-state index contributed by atoms with van der Waals surface area (Å²) in [6.07, 6.45) is 3.14. The maximum atomic E-state index is 12.4. The van der Waals surface area contributed by atoms with Crippen molar-refractivity contribution in [2.75, 3.05) is 32.8 Å². The topological polar surface area (TPSA) is 29.5 Å². The summed E-state index contributed by atoms with van der Waals surface area (Å²) in [4.78, 5) is 0. The van der Waals surface area contributed by atoms with Crippen molar-refractivity contribution in [2.24, 2.45) is 5.41 Å². The highest BCUT2D eigenvalue weighted by atomic mass is 79.9. The second-order valence-corrected chi connectivity index (χ2v) is 9.75. The third-order valence-corrected chi connectivity index (χ3v) is 8.17. The lowest BCUT2D eigenvalue weighted by Gasteiger charge is -2.60. The van der Waals surface area contributed by atoms with Crippen molar-refractivity contribution >= 4 is 0 Å². The summed E-state index contributed by atoms with van der Waals surface area (Å²) in [5.41, 5.74) is 2.23. The van der Waals surface area contributed by atoms with E-state index in [0.29, 0.717) is 6.61 Å². The first-order valence-corrected chi connectivity index (χ1v) is 12.0. The van der Waals surface area contributed by atoms with E-state index in [2.05, 4.69) is 72.8 Å². The fourth-order valence-electron chi connectivity index (χ4n) is 6.10. The molecule has 3 aliphatic heterocycles. The summed E-state index contributed by atoms with van der Waals surface area (Å²) in [5, 5.41) is 12.4. The quantitative estimate of drug-likeness (QED) is 0.374. The third-order valence-electron chi connectivity index (χ3n) is 8.17. The smallest absolute Gasteiger partial charge is 0.121 e. The van der Waals surface area contributed by atoms with Gasteiger partial charge in [-0.3, -0.25) is 0 Å². The predicted octanol–water partition coefficient (Wildman–Crippen LogP) is 2.14. The van der Waals surface area contributed by atoms with Crippen LogP contribution < -0.4 is 17.0 Å². The van der Waals surface area contributed by atoms with Gasteiger partial charge in [-0.15, -0.1) is 0 Å². The fourth-order valence-corrected chi connectivity index (χ4v) is 6.10. The first-order chi connectivity index (χ1) is 15.7. The third kappa shape index (κ3) is 4.54. The Morgan fingerprint density at radius 2 is 1.18 bits per heavy atom. The molecular weight excluding hydrogens is 474 g/mol. The van der Waals surface area contributed by atoms with Crippen molar-refractivity contribution in [3.8, 4) is 0 Å². The molecule has 33 heavy (non-hydrogen) atoms. The van der Waals surface area contributed by atoms with Gasteiger partial charge in [0.1, 0.15) is 12.1 Å². The van der Waals surface area contributed by atoms with E-state index in [1.54, 1.807) is 0 Å². The lowest BCUT2D eigenvalue weighted by Crippen LogP contribution is -3.00. The van der Waals surface area contributed by atoms with Crippen LogP contribution in [-0.2, 0) is 16.9 Å². The van der Waals surface area contributed by atoms with Gasteiger partial charge in [0.25, 0.3) is 0 Å². The molecule has 0 aromatic heterocycles. The average Bonchev–Trinajstić information content (AvgIpc) is 2.89. The number of fused-ring (bicyclic) bond motifs is 3. The standard InChI is InChI=1S/C29H34NO2.BrH/c31-29(26-12-6-2-7-13-26,27-14-8-3-9-15-27)28-16-19-30(20-17-28,21-18-28)22-23-32-24-25-10-4-1-5-11-25;/h1-15,31H,16-24H2;1H/q+1;/p-1. The molecule has 0 atom stereocenters. The number of piperidine rings is 3. The zero-order valence-electron chi connectivity index (χ0n) is 19.2. The lowest BCUT2D eigenvalue weighted by molar-refractivity contribution is -0.946. The van der Waals surface area contributed by atoms with Gasteiger partial charge in [0.2, 0.25) is 0 Å². The van der Waals surface area contributed by atoms with E-state index in [9.17, 15) is 5.11 Å². The van der Waals surface area contributed by atoms with Crippen molar-refractivity contribution < 1.29 is 31.3 Å². The van der Waals surface area contributed by atoms with Crippen LogP contribution in [0.25, 0.3) is 0 Å². The summed E-state index contributed by atoms with van der Waals surface area (Å²) >= 11 is 0. The van der Waals surface area contributed by atoms with Crippen LogP contribution in [0.1, 0.15) is 36.0 Å². The Balaban J connectivity index is 0.00000259. The number of hydrogen-bond donors (Lipinski definition) is 1. The normalized spacial score (nSPS) is 24.3. The Morgan fingerprint density at radius 1 is 0.727 bits per heavy atom. The molecule has 0 unspecified atom stereocenters. The van der Waals surface area contributed by atoms with Crippen LogP contribution in [0.15, 0.2) is 91.0 Å². The maximum Gasteiger partial charge on any atom is 0.121 e. The van der Waals surface area contributed by atoms with Gasteiger partial charge >= 0.3 is 0 Å². The highest BCUT2D eigenvalue weighted by Crippen LogP contribution is 2.57. The van der Waals surface area contributed by atoms with E-state index in [-0.39, 0.29) is 22.4 Å². The van der Waals surface area contributed by atoms with Crippen LogP contribution >= 0.6 is 0 Å². The molecule has 3 saturated heterocycles. The summed E-state index contributed by atoms with van der Waals surface area (Å²) in [5.74, 6) is 0. The van der Waals surface area contributed by atoms with E-state index in [4.69, 9.17) is 4.74 Å². The molecule has 3 aromatic rings. The monoisotopic (exact) mass is 507 g/mol. The number of aliphatic hydroxyl groups is 1. The van der Waals surface area contributed by atoms with Crippen LogP contribution in [0.3, 0.4) is 0 Å². The number of ether oxygens (including phenoxy) is 1. The van der Waals surface area contributed by atoms with E-state index in [1.807, 2.05) is 18.2 Å². The lowest BCUT2D eigenvalue weighted by atomic mass is 9.56. The largest absolute Gasteiger partial charge is 1.00 e. The number of nitrogens with zero attached hydrogens (tertiary/aromatic N) is 1. The first kappa shape index (κ1) is 24.2. The zero-order valence-corrected chi connectivity index (χ0v) is 20.8. The molecule has 3 fully saturated rings. The Morgan fingerprint density at radius 3 is 1.67 bits per heavy atom. The minimum atomic E-state index is -0.949. The first-order valence-electron chi connectivity index (χ1n) is 12.0. The van der Waals surface area contributed by atoms with E-state index >= 15 is 0 Å². The molecule has 3 nitrogen and oxygen atoms in total. The van der Waals surface area contributed by atoms with Crippen LogP contribution in [0, 0.1) is 5.41 Å². The van der Waals surface area contributed by atoms with E-state index in [0.717, 1.165) is 67.7 Å². The Kier molecular flexibility index (Phi) is 7.40. The maximum absolute atomic E-state index is 12.4. The molecule has 0 spiro atoms. The summed E-state index contributed by atoms with van der Waals surface area (Å²) in [6, 6.07) is 31.1. The van der Waals surface area contributed by atoms with Crippen LogP contribution in [0.2, 0.25) is 0 Å². The molecule has 6 rings (SSSR count). The number of halogens is 1.